The number of hydrogen-bond donors (Lipinski definition) is 2. The van der Waals surface area contributed by atoms with E-state index in [1.54, 1.807) is 12.3 Å². The summed E-state index contributed by atoms with van der Waals surface area (Å²) in [6, 6.07) is 9.65. The van der Waals surface area contributed by atoms with Gasteiger partial charge in [-0.15, -0.1) is 0 Å². The number of aromatic nitrogens is 2. The lowest BCUT2D eigenvalue weighted by atomic mass is 9.98. The summed E-state index contributed by atoms with van der Waals surface area (Å²) < 4.78 is 5.45. The van der Waals surface area contributed by atoms with E-state index >= 15 is 0 Å². The molecule has 0 unspecified atom stereocenters. The van der Waals surface area contributed by atoms with Gasteiger partial charge >= 0.3 is 6.03 Å². The zero-order chi connectivity index (χ0) is 27.8. The van der Waals surface area contributed by atoms with E-state index < -0.39 is 5.91 Å². The van der Waals surface area contributed by atoms with E-state index in [-0.39, 0.29) is 18.1 Å². The van der Waals surface area contributed by atoms with Crippen LogP contribution in [-0.2, 0) is 17.7 Å². The molecular weight excluding hydrogens is 494 g/mol. The number of carbonyl (C=O) groups is 2. The number of nitrogens with zero attached hydrogens (tertiary/aromatic N) is 5. The van der Waals surface area contributed by atoms with Crippen molar-refractivity contribution >= 4 is 11.9 Å². The van der Waals surface area contributed by atoms with Crippen molar-refractivity contribution in [1.82, 2.24) is 25.1 Å². The van der Waals surface area contributed by atoms with Crippen molar-refractivity contribution in [3.8, 4) is 6.07 Å². The van der Waals surface area contributed by atoms with Gasteiger partial charge in [0.1, 0.15) is 11.8 Å². The Kier molecular flexibility index (Phi) is 9.85. The van der Waals surface area contributed by atoms with Crippen LogP contribution in [0.4, 0.5) is 4.79 Å². The number of aryl methyl sites for hydroxylation is 2. The molecule has 208 valence electrons. The van der Waals surface area contributed by atoms with E-state index in [1.165, 1.54) is 0 Å². The molecule has 0 bridgehead atoms. The van der Waals surface area contributed by atoms with Crippen LogP contribution in [-0.4, -0.2) is 76.1 Å². The second-order valence-corrected chi connectivity index (χ2v) is 10.6. The Bertz CT molecular complexity index is 1180. The van der Waals surface area contributed by atoms with Crippen molar-refractivity contribution in [2.45, 2.75) is 77.0 Å². The number of urea groups is 1. The second kappa shape index (κ2) is 13.5. The molecular formula is C29H39N7O3. The van der Waals surface area contributed by atoms with E-state index in [9.17, 15) is 14.9 Å². The molecule has 0 spiro atoms. The van der Waals surface area contributed by atoms with Gasteiger partial charge in [0.15, 0.2) is 0 Å². The largest absolute Gasteiger partial charge is 0.381 e. The van der Waals surface area contributed by atoms with E-state index in [0.29, 0.717) is 49.2 Å². The number of primary amides is 1. The van der Waals surface area contributed by atoms with Crippen LogP contribution in [0.1, 0.15) is 72.0 Å². The summed E-state index contributed by atoms with van der Waals surface area (Å²) in [4.78, 5) is 38.6. The molecule has 3 N–H and O–H groups in total. The Morgan fingerprint density at radius 1 is 1.23 bits per heavy atom. The fourth-order valence-corrected chi connectivity index (χ4v) is 5.58. The number of carbonyl (C=O) groups excluding carboxylic acids is 2. The summed E-state index contributed by atoms with van der Waals surface area (Å²) in [7, 11) is 0. The average Bonchev–Trinajstić information content (AvgIpc) is 2.95. The predicted octanol–water partition coefficient (Wildman–Crippen LogP) is 2.93. The summed E-state index contributed by atoms with van der Waals surface area (Å²) in [6.07, 6.45) is 6.59. The number of piperidine rings is 1. The molecule has 10 nitrogen and oxygen atoms in total. The summed E-state index contributed by atoms with van der Waals surface area (Å²) in [5, 5.41) is 12.5. The van der Waals surface area contributed by atoms with E-state index in [4.69, 9.17) is 10.5 Å². The number of nitriles is 1. The topological polar surface area (TPSA) is 137 Å². The number of rotatable bonds is 9. The molecule has 0 saturated carbocycles. The Hall–Kier alpha value is -3.55. The second-order valence-electron chi connectivity index (χ2n) is 10.6. The van der Waals surface area contributed by atoms with Gasteiger partial charge in [-0.25, -0.2) is 9.78 Å². The highest BCUT2D eigenvalue weighted by Crippen LogP contribution is 2.23. The van der Waals surface area contributed by atoms with Gasteiger partial charge in [0, 0.05) is 50.6 Å². The van der Waals surface area contributed by atoms with Crippen molar-refractivity contribution in [3.05, 3.63) is 58.7 Å². The first-order chi connectivity index (χ1) is 18.9. The standard InChI is InChI=1S/C29H39N7O3/c1-20-8-13-32-26(27(20)28(31)37)7-6-21(2)35-14-9-25(10-15-35)36(19-24-5-3-4-23(18-30)33-24)29(38)34-22-11-16-39-17-12-22/h3-5,8,13,21-22,25H,6-7,9-12,14-17,19H2,1-2H3,(H2,31,37)(H,34,38)/t21-/m1/s1. The molecule has 0 radical (unpaired) electrons. The highest BCUT2D eigenvalue weighted by molar-refractivity contribution is 5.95. The zero-order valence-corrected chi connectivity index (χ0v) is 22.9. The maximum absolute atomic E-state index is 13.5. The van der Waals surface area contributed by atoms with Gasteiger partial charge in [0.25, 0.3) is 5.91 Å². The monoisotopic (exact) mass is 533 g/mol. The molecule has 1 atom stereocenters. The van der Waals surface area contributed by atoms with Crippen LogP contribution in [0.15, 0.2) is 30.5 Å². The third-order valence-electron chi connectivity index (χ3n) is 7.91. The molecule has 4 rings (SSSR count). The van der Waals surface area contributed by atoms with E-state index in [1.807, 2.05) is 30.0 Å². The number of ether oxygens (including phenoxy) is 1. The number of amides is 3. The van der Waals surface area contributed by atoms with Gasteiger partial charge in [-0.1, -0.05) is 6.07 Å². The molecule has 2 aromatic heterocycles. The number of hydrogen-bond acceptors (Lipinski definition) is 7. The van der Waals surface area contributed by atoms with E-state index in [2.05, 4.69) is 33.2 Å². The van der Waals surface area contributed by atoms with Crippen molar-refractivity contribution in [1.29, 1.82) is 5.26 Å². The Morgan fingerprint density at radius 3 is 2.67 bits per heavy atom. The fraction of sp³-hybridized carbons (Fsp3) is 0.552. The molecule has 2 aromatic rings. The van der Waals surface area contributed by atoms with Crippen LogP contribution >= 0.6 is 0 Å². The number of nitrogens with two attached hydrogens (primary N) is 1. The molecule has 0 aromatic carbocycles. The first kappa shape index (κ1) is 28.5. The first-order valence-corrected chi connectivity index (χ1v) is 13.8. The lowest BCUT2D eigenvalue weighted by molar-refractivity contribution is 0.0707. The number of nitrogens with one attached hydrogen (secondary N) is 1. The predicted molar refractivity (Wildman–Crippen MR) is 147 cm³/mol. The minimum atomic E-state index is -0.432. The summed E-state index contributed by atoms with van der Waals surface area (Å²) in [5.41, 5.74) is 8.82. The maximum Gasteiger partial charge on any atom is 0.318 e. The maximum atomic E-state index is 13.5. The SMILES string of the molecule is Cc1ccnc(CC[C@@H](C)N2CCC(N(Cc3cccc(C#N)n3)C(=O)NC3CCOCC3)CC2)c1C(N)=O. The highest BCUT2D eigenvalue weighted by Gasteiger charge is 2.31. The van der Waals surface area contributed by atoms with Crippen molar-refractivity contribution in [3.63, 3.8) is 0 Å². The van der Waals surface area contributed by atoms with Crippen molar-refractivity contribution < 1.29 is 14.3 Å². The average molecular weight is 534 g/mol. The van der Waals surface area contributed by atoms with Gasteiger partial charge in [-0.3, -0.25) is 9.78 Å². The molecule has 0 aliphatic carbocycles. The van der Waals surface area contributed by atoms with Crippen LogP contribution < -0.4 is 11.1 Å². The quantitative estimate of drug-likeness (QED) is 0.505. The van der Waals surface area contributed by atoms with Crippen LogP contribution in [0.3, 0.4) is 0 Å². The summed E-state index contributed by atoms with van der Waals surface area (Å²) in [5.74, 6) is -0.432. The molecule has 2 aliphatic rings. The third-order valence-corrected chi connectivity index (χ3v) is 7.91. The lowest BCUT2D eigenvalue weighted by Crippen LogP contribution is -2.53. The van der Waals surface area contributed by atoms with Crippen LogP contribution in [0, 0.1) is 18.3 Å². The Balaban J connectivity index is 1.38. The molecule has 4 heterocycles. The smallest absolute Gasteiger partial charge is 0.318 e. The van der Waals surface area contributed by atoms with Gasteiger partial charge in [0.05, 0.1) is 23.5 Å². The molecule has 39 heavy (non-hydrogen) atoms. The highest BCUT2D eigenvalue weighted by atomic mass is 16.5. The van der Waals surface area contributed by atoms with Crippen LogP contribution in [0.5, 0.6) is 0 Å². The molecule has 2 fully saturated rings. The molecule has 2 aliphatic heterocycles. The Labute approximate surface area is 230 Å². The van der Waals surface area contributed by atoms with Crippen molar-refractivity contribution in [2.75, 3.05) is 26.3 Å². The molecule has 3 amide bonds. The number of likely N-dealkylation sites (tertiary alicyclic amines) is 1. The van der Waals surface area contributed by atoms with Gasteiger partial charge in [0.2, 0.25) is 0 Å². The summed E-state index contributed by atoms with van der Waals surface area (Å²) in [6.45, 7) is 7.49. The first-order valence-electron chi connectivity index (χ1n) is 13.8. The zero-order valence-electron chi connectivity index (χ0n) is 22.9. The Morgan fingerprint density at radius 2 is 1.97 bits per heavy atom. The minimum Gasteiger partial charge on any atom is -0.381 e. The van der Waals surface area contributed by atoms with Gasteiger partial charge in [-0.05, 0) is 76.1 Å². The van der Waals surface area contributed by atoms with Gasteiger partial charge < -0.3 is 25.6 Å². The van der Waals surface area contributed by atoms with Crippen LogP contribution in [0.25, 0.3) is 0 Å². The third kappa shape index (κ3) is 7.52. The lowest BCUT2D eigenvalue weighted by Gasteiger charge is -2.41. The van der Waals surface area contributed by atoms with E-state index in [0.717, 1.165) is 56.5 Å². The fourth-order valence-electron chi connectivity index (χ4n) is 5.58. The number of pyridine rings is 2. The summed E-state index contributed by atoms with van der Waals surface area (Å²) >= 11 is 0. The minimum absolute atomic E-state index is 0.0701. The van der Waals surface area contributed by atoms with Crippen LogP contribution in [0.2, 0.25) is 0 Å². The molecule has 10 heteroatoms. The normalized spacial score (nSPS) is 17.8. The van der Waals surface area contributed by atoms with Crippen molar-refractivity contribution in [2.24, 2.45) is 5.73 Å². The van der Waals surface area contributed by atoms with Gasteiger partial charge in [-0.2, -0.15) is 5.26 Å². The molecule has 2 saturated heterocycles.